The number of tetrazole rings is 1. The number of para-hydroxylation sites is 2. The number of amides is 2. The second kappa shape index (κ2) is 8.02. The Hall–Kier alpha value is -3.83. The third-order valence-electron chi connectivity index (χ3n) is 4.92. The average Bonchev–Trinajstić information content (AvgIpc) is 3.11. The summed E-state index contributed by atoms with van der Waals surface area (Å²) in [7, 11) is 0. The summed E-state index contributed by atoms with van der Waals surface area (Å²) >= 11 is 0. The molecule has 0 saturated heterocycles. The maximum atomic E-state index is 13.8. The number of hydrogen-bond acceptors (Lipinski definition) is 5. The predicted molar refractivity (Wildman–Crippen MR) is 105 cm³/mol. The SMILES string of the molecule is Cc1cc(-c2nnn(CC(=O)N3c4ccccc4NC(=O)CC3C(F)(F)F)n2)ccc1F. The molecule has 1 unspecified atom stereocenters. The summed E-state index contributed by atoms with van der Waals surface area (Å²) in [5, 5.41) is 14.0. The number of fused-ring (bicyclic) bond motifs is 1. The highest BCUT2D eigenvalue weighted by Gasteiger charge is 2.49. The molecule has 0 aliphatic carbocycles. The molecule has 1 aliphatic rings. The highest BCUT2D eigenvalue weighted by Crippen LogP contribution is 2.37. The molecule has 2 amide bonds. The highest BCUT2D eigenvalue weighted by atomic mass is 19.4. The van der Waals surface area contributed by atoms with Gasteiger partial charge in [0.05, 0.1) is 17.8 Å². The Morgan fingerprint density at radius 2 is 1.97 bits per heavy atom. The maximum Gasteiger partial charge on any atom is 0.409 e. The minimum atomic E-state index is -4.85. The summed E-state index contributed by atoms with van der Waals surface area (Å²) in [5.74, 6) is -2.17. The second-order valence-corrected chi connectivity index (χ2v) is 7.20. The van der Waals surface area contributed by atoms with Crippen molar-refractivity contribution in [1.29, 1.82) is 0 Å². The fourth-order valence-corrected chi connectivity index (χ4v) is 3.40. The monoisotopic (exact) mass is 448 g/mol. The number of carbonyl (C=O) groups is 2. The van der Waals surface area contributed by atoms with E-state index in [4.69, 9.17) is 0 Å². The van der Waals surface area contributed by atoms with Crippen LogP contribution in [0.2, 0.25) is 0 Å². The van der Waals surface area contributed by atoms with E-state index in [1.165, 1.54) is 42.5 Å². The van der Waals surface area contributed by atoms with Crippen molar-refractivity contribution in [1.82, 2.24) is 20.2 Å². The highest BCUT2D eigenvalue weighted by molar-refractivity contribution is 6.04. The molecular formula is C20H16F4N6O2. The topological polar surface area (TPSA) is 93.0 Å². The number of anilines is 2. The van der Waals surface area contributed by atoms with Crippen molar-refractivity contribution in [2.24, 2.45) is 0 Å². The van der Waals surface area contributed by atoms with Gasteiger partial charge in [0, 0.05) is 5.56 Å². The third-order valence-corrected chi connectivity index (χ3v) is 4.92. The zero-order valence-electron chi connectivity index (χ0n) is 16.6. The third kappa shape index (κ3) is 4.15. The Morgan fingerprint density at radius 1 is 1.22 bits per heavy atom. The summed E-state index contributed by atoms with van der Waals surface area (Å²) in [6.07, 6.45) is -5.80. The lowest BCUT2D eigenvalue weighted by Gasteiger charge is -2.31. The molecule has 166 valence electrons. The van der Waals surface area contributed by atoms with Crippen LogP contribution in [0, 0.1) is 12.7 Å². The van der Waals surface area contributed by atoms with Gasteiger partial charge in [0.1, 0.15) is 18.4 Å². The van der Waals surface area contributed by atoms with Crippen molar-refractivity contribution < 1.29 is 27.2 Å². The van der Waals surface area contributed by atoms with E-state index in [2.05, 4.69) is 20.7 Å². The van der Waals surface area contributed by atoms with Crippen LogP contribution in [0.4, 0.5) is 28.9 Å². The van der Waals surface area contributed by atoms with Crippen molar-refractivity contribution in [3.8, 4) is 11.4 Å². The molecule has 12 heteroatoms. The number of hydrogen-bond donors (Lipinski definition) is 1. The minimum Gasteiger partial charge on any atom is -0.324 e. The van der Waals surface area contributed by atoms with Crippen molar-refractivity contribution in [3.63, 3.8) is 0 Å². The molecule has 1 aliphatic heterocycles. The Morgan fingerprint density at radius 3 is 2.69 bits per heavy atom. The van der Waals surface area contributed by atoms with E-state index >= 15 is 0 Å². The van der Waals surface area contributed by atoms with Gasteiger partial charge >= 0.3 is 6.18 Å². The van der Waals surface area contributed by atoms with Crippen molar-refractivity contribution in [3.05, 3.63) is 53.8 Å². The van der Waals surface area contributed by atoms with E-state index in [0.29, 0.717) is 16.0 Å². The number of carbonyl (C=O) groups excluding carboxylic acids is 2. The first-order valence-electron chi connectivity index (χ1n) is 9.45. The van der Waals surface area contributed by atoms with Gasteiger partial charge in [0.2, 0.25) is 11.7 Å². The Bertz CT molecular complexity index is 1190. The standard InChI is InChI=1S/C20H16F4N6O2/c1-11-8-12(6-7-13(11)21)19-26-28-29(27-19)10-18(32)30-15-5-3-2-4-14(15)25-17(31)9-16(30)20(22,23)24/h2-8,16H,9-10H2,1H3,(H,25,31). The first kappa shape index (κ1) is 21.4. The van der Waals surface area contributed by atoms with E-state index in [1.54, 1.807) is 6.92 Å². The molecule has 4 rings (SSSR count). The maximum absolute atomic E-state index is 13.8. The smallest absolute Gasteiger partial charge is 0.324 e. The average molecular weight is 448 g/mol. The van der Waals surface area contributed by atoms with Crippen LogP contribution in [0.15, 0.2) is 42.5 Å². The molecule has 3 aromatic rings. The lowest BCUT2D eigenvalue weighted by Crippen LogP contribution is -2.50. The molecule has 1 N–H and O–H groups in total. The van der Waals surface area contributed by atoms with Crippen LogP contribution >= 0.6 is 0 Å². The quantitative estimate of drug-likeness (QED) is 0.622. The lowest BCUT2D eigenvalue weighted by molar-refractivity contribution is -0.158. The molecule has 0 fully saturated rings. The number of aryl methyl sites for hydroxylation is 1. The number of nitrogens with zero attached hydrogens (tertiary/aromatic N) is 5. The molecule has 0 spiro atoms. The van der Waals surface area contributed by atoms with E-state index in [9.17, 15) is 27.2 Å². The van der Waals surface area contributed by atoms with Crippen molar-refractivity contribution in [2.75, 3.05) is 10.2 Å². The fourth-order valence-electron chi connectivity index (χ4n) is 3.40. The first-order valence-corrected chi connectivity index (χ1v) is 9.45. The van der Waals surface area contributed by atoms with Crippen LogP contribution in [0.25, 0.3) is 11.4 Å². The van der Waals surface area contributed by atoms with Gasteiger partial charge in [-0.15, -0.1) is 10.2 Å². The summed E-state index contributed by atoms with van der Waals surface area (Å²) in [6, 6.07) is 7.50. The molecule has 0 radical (unpaired) electrons. The largest absolute Gasteiger partial charge is 0.409 e. The van der Waals surface area contributed by atoms with Gasteiger partial charge in [-0.25, -0.2) is 4.39 Å². The van der Waals surface area contributed by atoms with Gasteiger partial charge in [0.15, 0.2) is 0 Å². The van der Waals surface area contributed by atoms with Crippen LogP contribution in [0.5, 0.6) is 0 Å². The summed E-state index contributed by atoms with van der Waals surface area (Å²) in [5.41, 5.74) is 0.791. The fraction of sp³-hybridized carbons (Fsp3) is 0.250. The molecule has 1 atom stereocenters. The minimum absolute atomic E-state index is 0.0832. The Labute approximate surface area is 178 Å². The number of alkyl halides is 3. The van der Waals surface area contributed by atoms with Crippen molar-refractivity contribution in [2.45, 2.75) is 32.1 Å². The van der Waals surface area contributed by atoms with E-state index in [0.717, 1.165) is 4.80 Å². The number of rotatable bonds is 3. The van der Waals surface area contributed by atoms with Crippen LogP contribution in [0.3, 0.4) is 0 Å². The van der Waals surface area contributed by atoms with Gasteiger partial charge in [0.25, 0.3) is 5.91 Å². The zero-order chi connectivity index (χ0) is 23.0. The molecule has 32 heavy (non-hydrogen) atoms. The summed E-state index contributed by atoms with van der Waals surface area (Å²) < 4.78 is 54.8. The van der Waals surface area contributed by atoms with E-state index in [-0.39, 0.29) is 17.2 Å². The van der Waals surface area contributed by atoms with Crippen LogP contribution in [-0.4, -0.2) is 44.2 Å². The predicted octanol–water partition coefficient (Wildman–Crippen LogP) is 3.09. The zero-order valence-corrected chi connectivity index (χ0v) is 16.6. The normalized spacial score (nSPS) is 16.3. The molecule has 0 bridgehead atoms. The second-order valence-electron chi connectivity index (χ2n) is 7.20. The van der Waals surface area contributed by atoms with Gasteiger partial charge in [-0.2, -0.15) is 18.0 Å². The Kier molecular flexibility index (Phi) is 5.36. The van der Waals surface area contributed by atoms with Crippen LogP contribution in [-0.2, 0) is 16.1 Å². The number of nitrogens with one attached hydrogen (secondary N) is 1. The molecule has 2 heterocycles. The van der Waals surface area contributed by atoms with Gasteiger partial charge < -0.3 is 5.32 Å². The first-order chi connectivity index (χ1) is 15.1. The number of halogens is 4. The number of benzene rings is 2. The van der Waals surface area contributed by atoms with Gasteiger partial charge in [-0.3, -0.25) is 14.5 Å². The summed E-state index contributed by atoms with van der Waals surface area (Å²) in [4.78, 5) is 26.4. The van der Waals surface area contributed by atoms with E-state index < -0.39 is 42.8 Å². The molecular weight excluding hydrogens is 432 g/mol. The number of aromatic nitrogens is 4. The molecule has 2 aromatic carbocycles. The molecule has 0 saturated carbocycles. The van der Waals surface area contributed by atoms with Gasteiger partial charge in [-0.1, -0.05) is 12.1 Å². The molecule has 8 nitrogen and oxygen atoms in total. The molecule has 1 aromatic heterocycles. The summed E-state index contributed by atoms with van der Waals surface area (Å²) in [6.45, 7) is 0.901. The van der Waals surface area contributed by atoms with Crippen LogP contribution < -0.4 is 10.2 Å². The Balaban J connectivity index is 1.66. The lowest BCUT2D eigenvalue weighted by atomic mass is 10.1. The van der Waals surface area contributed by atoms with Crippen LogP contribution in [0.1, 0.15) is 12.0 Å². The van der Waals surface area contributed by atoms with Crippen molar-refractivity contribution >= 4 is 23.2 Å². The van der Waals surface area contributed by atoms with Gasteiger partial charge in [-0.05, 0) is 48.0 Å². The van der Waals surface area contributed by atoms with E-state index in [1.807, 2.05) is 0 Å².